The van der Waals surface area contributed by atoms with Crippen molar-refractivity contribution in [3.05, 3.63) is 35.9 Å². The van der Waals surface area contributed by atoms with E-state index in [1.54, 1.807) is 30.3 Å². The number of carboxylic acids is 1. The fourth-order valence-corrected chi connectivity index (χ4v) is 0.581. The smallest absolute Gasteiger partial charge is 0.335 e. The van der Waals surface area contributed by atoms with Crippen LogP contribution in [-0.2, 0) is 4.79 Å². The molecule has 0 aliphatic rings. The summed E-state index contributed by atoms with van der Waals surface area (Å²) in [5, 5.41) is 8.38. The number of benzene rings is 1. The average molecular weight is 181 g/mol. The number of carbonyl (C=O) groups excluding carboxylic acids is 1. The Morgan fingerprint density at radius 3 is 1.85 bits per heavy atom. The molecule has 0 aromatic heterocycles. The number of carboxylic acid groups (broad SMARTS) is 1. The fraction of sp³-hybridized carbons (Fsp3) is 0.111. The molecule has 0 fully saturated rings. The zero-order chi connectivity index (χ0) is 10.3. The van der Waals surface area contributed by atoms with Crippen molar-refractivity contribution in [2.24, 2.45) is 5.73 Å². The summed E-state index contributed by atoms with van der Waals surface area (Å²) < 4.78 is 0. The molecule has 0 atom stereocenters. The summed E-state index contributed by atoms with van der Waals surface area (Å²) in [7, 11) is 0. The maximum atomic E-state index is 10.2. The highest BCUT2D eigenvalue weighted by molar-refractivity contribution is 5.87. The molecule has 1 rings (SSSR count). The normalized spacial score (nSPS) is 8.08. The summed E-state index contributed by atoms with van der Waals surface area (Å²) in [6, 6.07) is 8.30. The van der Waals surface area contributed by atoms with E-state index < -0.39 is 5.97 Å². The Labute approximate surface area is 76.0 Å². The molecule has 70 valence electrons. The van der Waals surface area contributed by atoms with E-state index in [2.05, 4.69) is 5.73 Å². The van der Waals surface area contributed by atoms with Crippen molar-refractivity contribution in [1.29, 1.82) is 0 Å². The zero-order valence-corrected chi connectivity index (χ0v) is 7.23. The quantitative estimate of drug-likeness (QED) is 0.674. The third-order valence-electron chi connectivity index (χ3n) is 1.02. The van der Waals surface area contributed by atoms with Crippen LogP contribution in [0.3, 0.4) is 0 Å². The van der Waals surface area contributed by atoms with E-state index >= 15 is 0 Å². The van der Waals surface area contributed by atoms with Crippen molar-refractivity contribution in [2.75, 3.05) is 0 Å². The van der Waals surface area contributed by atoms with Gasteiger partial charge in [-0.1, -0.05) is 18.2 Å². The Morgan fingerprint density at radius 1 is 1.23 bits per heavy atom. The van der Waals surface area contributed by atoms with Gasteiger partial charge in [-0.25, -0.2) is 4.79 Å². The average Bonchev–Trinajstić information content (AvgIpc) is 2.05. The van der Waals surface area contributed by atoms with E-state index in [1.165, 1.54) is 6.92 Å². The van der Waals surface area contributed by atoms with Crippen LogP contribution in [-0.4, -0.2) is 17.0 Å². The first-order valence-corrected chi connectivity index (χ1v) is 3.58. The van der Waals surface area contributed by atoms with E-state index in [0.29, 0.717) is 5.56 Å². The first-order valence-electron chi connectivity index (χ1n) is 3.58. The minimum Gasteiger partial charge on any atom is -0.478 e. The lowest BCUT2D eigenvalue weighted by molar-refractivity contribution is -0.115. The molecular formula is C9H11NO3. The third kappa shape index (κ3) is 6.55. The van der Waals surface area contributed by atoms with Crippen LogP contribution in [0.4, 0.5) is 0 Å². The largest absolute Gasteiger partial charge is 0.478 e. The Bertz CT molecular complexity index is 278. The minimum absolute atomic E-state index is 0.331. The molecule has 0 aliphatic heterocycles. The van der Waals surface area contributed by atoms with Gasteiger partial charge < -0.3 is 10.8 Å². The van der Waals surface area contributed by atoms with Crippen LogP contribution in [0.15, 0.2) is 30.3 Å². The minimum atomic E-state index is -0.879. The molecule has 0 saturated carbocycles. The van der Waals surface area contributed by atoms with Crippen LogP contribution >= 0.6 is 0 Å². The molecule has 4 nitrogen and oxygen atoms in total. The van der Waals surface area contributed by atoms with E-state index in [0.717, 1.165) is 0 Å². The monoisotopic (exact) mass is 181 g/mol. The Morgan fingerprint density at radius 2 is 1.62 bits per heavy atom. The van der Waals surface area contributed by atoms with Gasteiger partial charge in [-0.05, 0) is 12.1 Å². The van der Waals surface area contributed by atoms with E-state index in [-0.39, 0.29) is 5.91 Å². The number of carbonyl (C=O) groups is 2. The van der Waals surface area contributed by atoms with E-state index in [4.69, 9.17) is 5.11 Å². The summed E-state index contributed by atoms with van der Waals surface area (Å²) in [4.78, 5) is 19.4. The number of primary amides is 1. The van der Waals surface area contributed by atoms with Crippen molar-refractivity contribution < 1.29 is 14.7 Å². The molecule has 0 unspecified atom stereocenters. The van der Waals surface area contributed by atoms with Gasteiger partial charge in [0.1, 0.15) is 0 Å². The Kier molecular flexibility index (Phi) is 4.95. The molecule has 0 saturated heterocycles. The Balaban J connectivity index is 0.000000310. The van der Waals surface area contributed by atoms with Crippen molar-refractivity contribution in [1.82, 2.24) is 0 Å². The van der Waals surface area contributed by atoms with Crippen molar-refractivity contribution in [3.63, 3.8) is 0 Å². The number of hydrogen-bond donors (Lipinski definition) is 2. The molecule has 3 N–H and O–H groups in total. The maximum Gasteiger partial charge on any atom is 0.335 e. The number of rotatable bonds is 1. The summed E-state index contributed by atoms with van der Waals surface area (Å²) in [6.07, 6.45) is 0. The predicted molar refractivity (Wildman–Crippen MR) is 48.3 cm³/mol. The van der Waals surface area contributed by atoms with Gasteiger partial charge in [-0.2, -0.15) is 0 Å². The second kappa shape index (κ2) is 5.77. The molecule has 0 heterocycles. The Hall–Kier alpha value is -1.84. The predicted octanol–water partition coefficient (Wildman–Crippen LogP) is 0.876. The number of nitrogens with two attached hydrogens (primary N) is 1. The van der Waals surface area contributed by atoms with Crippen LogP contribution in [0, 0.1) is 0 Å². The van der Waals surface area contributed by atoms with Gasteiger partial charge in [0, 0.05) is 6.92 Å². The lowest BCUT2D eigenvalue weighted by atomic mass is 10.2. The molecule has 0 bridgehead atoms. The molecule has 0 aliphatic carbocycles. The molecule has 0 spiro atoms. The van der Waals surface area contributed by atoms with Gasteiger partial charge in [0.2, 0.25) is 5.91 Å². The second-order valence-electron chi connectivity index (χ2n) is 2.28. The molecule has 1 aromatic rings. The summed E-state index contributed by atoms with van der Waals surface area (Å²) in [5.74, 6) is -1.21. The molecule has 13 heavy (non-hydrogen) atoms. The van der Waals surface area contributed by atoms with Gasteiger partial charge in [0.15, 0.2) is 0 Å². The topological polar surface area (TPSA) is 80.4 Å². The van der Waals surface area contributed by atoms with Gasteiger partial charge in [-0.3, -0.25) is 4.79 Å². The van der Waals surface area contributed by atoms with E-state index in [9.17, 15) is 9.59 Å². The van der Waals surface area contributed by atoms with Crippen LogP contribution in [0.1, 0.15) is 17.3 Å². The lowest BCUT2D eigenvalue weighted by Gasteiger charge is -1.88. The van der Waals surface area contributed by atoms with Gasteiger partial charge in [-0.15, -0.1) is 0 Å². The van der Waals surface area contributed by atoms with Gasteiger partial charge in [0.25, 0.3) is 0 Å². The first kappa shape index (κ1) is 11.2. The summed E-state index contributed by atoms with van der Waals surface area (Å²) in [6.45, 7) is 1.31. The first-order chi connectivity index (χ1) is 6.04. The molecule has 1 amide bonds. The van der Waals surface area contributed by atoms with Crippen molar-refractivity contribution in [2.45, 2.75) is 6.92 Å². The summed E-state index contributed by atoms with van der Waals surface area (Å²) >= 11 is 0. The van der Waals surface area contributed by atoms with Crippen molar-refractivity contribution >= 4 is 11.9 Å². The molecule has 4 heteroatoms. The van der Waals surface area contributed by atoms with Crippen molar-refractivity contribution in [3.8, 4) is 0 Å². The SMILES string of the molecule is CC(N)=O.O=C(O)c1ccccc1. The van der Waals surface area contributed by atoms with Gasteiger partial charge >= 0.3 is 5.97 Å². The molecule has 1 aromatic carbocycles. The second-order valence-corrected chi connectivity index (χ2v) is 2.28. The summed E-state index contributed by atoms with van der Waals surface area (Å²) in [5.41, 5.74) is 4.80. The highest BCUT2D eigenvalue weighted by atomic mass is 16.4. The number of aromatic carboxylic acids is 1. The zero-order valence-electron chi connectivity index (χ0n) is 7.23. The van der Waals surface area contributed by atoms with Crippen LogP contribution in [0.2, 0.25) is 0 Å². The standard InChI is InChI=1S/C7H6O2.C2H5NO/c8-7(9)6-4-2-1-3-5-6;1-2(3)4/h1-5H,(H,8,9);1H3,(H2,3,4). The van der Waals surface area contributed by atoms with Gasteiger partial charge in [0.05, 0.1) is 5.56 Å². The van der Waals surface area contributed by atoms with Crippen LogP contribution < -0.4 is 5.73 Å². The number of hydrogen-bond acceptors (Lipinski definition) is 2. The lowest BCUT2D eigenvalue weighted by Crippen LogP contribution is -2.01. The highest BCUT2D eigenvalue weighted by Crippen LogP contribution is 1.96. The molecular weight excluding hydrogens is 170 g/mol. The highest BCUT2D eigenvalue weighted by Gasteiger charge is 1.96. The third-order valence-corrected chi connectivity index (χ3v) is 1.02. The maximum absolute atomic E-state index is 10.2. The van der Waals surface area contributed by atoms with Crippen LogP contribution in [0.5, 0.6) is 0 Å². The molecule has 0 radical (unpaired) electrons. The number of amides is 1. The fourth-order valence-electron chi connectivity index (χ4n) is 0.581. The van der Waals surface area contributed by atoms with Crippen LogP contribution in [0.25, 0.3) is 0 Å². The van der Waals surface area contributed by atoms with E-state index in [1.807, 2.05) is 0 Å².